The first-order valence-electron chi connectivity index (χ1n) is 7.67. The van der Waals surface area contributed by atoms with E-state index in [2.05, 4.69) is 17.3 Å². The highest BCUT2D eigenvalue weighted by Crippen LogP contribution is 2.42. The van der Waals surface area contributed by atoms with Gasteiger partial charge in [0.15, 0.2) is 5.69 Å². The number of para-hydroxylation sites is 1. The maximum atomic E-state index is 4.85. The number of quaternary nitrogens is 1. The van der Waals surface area contributed by atoms with Crippen LogP contribution in [0, 0.1) is 13.8 Å². The Labute approximate surface area is 144 Å². The maximum Gasteiger partial charge on any atom is 0.348 e. The lowest BCUT2D eigenvalue weighted by molar-refractivity contribution is 0.421. The largest absolute Gasteiger partial charge is 0.348 e. The summed E-state index contributed by atoms with van der Waals surface area (Å²) in [4.78, 5) is 5.86. The van der Waals surface area contributed by atoms with Crippen molar-refractivity contribution in [2.45, 2.75) is 13.8 Å². The molecule has 0 spiro atoms. The number of rotatable bonds is 3. The van der Waals surface area contributed by atoms with Gasteiger partial charge in [0.2, 0.25) is 5.84 Å². The smallest absolute Gasteiger partial charge is 0.186 e. The first-order chi connectivity index (χ1) is 11.7. The van der Waals surface area contributed by atoms with Crippen molar-refractivity contribution in [1.82, 2.24) is 9.69 Å². The van der Waals surface area contributed by atoms with Crippen molar-refractivity contribution in [3.8, 4) is 0 Å². The van der Waals surface area contributed by atoms with E-state index in [9.17, 15) is 0 Å². The third-order valence-electron chi connectivity index (χ3n) is 3.94. The van der Waals surface area contributed by atoms with Crippen molar-refractivity contribution < 1.29 is 0 Å². The van der Waals surface area contributed by atoms with Gasteiger partial charge in [0, 0.05) is 27.3 Å². The molecule has 1 aromatic heterocycles. The molecule has 5 nitrogen and oxygen atoms in total. The third kappa shape index (κ3) is 2.36. The fourth-order valence-corrected chi connectivity index (χ4v) is 3.47. The fraction of sp³-hybridized carbons (Fsp3) is 0.111. The van der Waals surface area contributed by atoms with E-state index in [-0.39, 0.29) is 4.70 Å². The summed E-state index contributed by atoms with van der Waals surface area (Å²) in [7, 11) is 0. The zero-order valence-electron chi connectivity index (χ0n) is 13.4. The quantitative estimate of drug-likeness (QED) is 0.612. The molecule has 1 atom stereocenters. The predicted octanol–water partition coefficient (Wildman–Crippen LogP) is 5.14. The lowest BCUT2D eigenvalue weighted by Gasteiger charge is -2.16. The van der Waals surface area contributed by atoms with Gasteiger partial charge in [0.25, 0.3) is 0 Å². The predicted molar refractivity (Wildman–Crippen MR) is 97.3 cm³/mol. The van der Waals surface area contributed by atoms with Crippen LogP contribution in [-0.2, 0) is 0 Å². The fourth-order valence-electron chi connectivity index (χ4n) is 2.51. The van der Waals surface area contributed by atoms with Gasteiger partial charge < -0.3 is 0 Å². The zero-order valence-corrected chi connectivity index (χ0v) is 14.2. The Kier molecular flexibility index (Phi) is 3.55. The Morgan fingerprint density at radius 3 is 2.17 bits per heavy atom. The molecule has 0 amide bonds. The standard InChI is InChI=1S/C18H16N5S/c1-13-14(2)24-18(19-13)23(16-11-7-4-8-12-16)21-17(20-22-23)15-9-5-3-6-10-15/h3-12H,1-2H3/q+1. The van der Waals surface area contributed by atoms with Gasteiger partial charge in [-0.1, -0.05) is 65.0 Å². The first-order valence-corrected chi connectivity index (χ1v) is 8.49. The van der Waals surface area contributed by atoms with E-state index < -0.39 is 0 Å². The zero-order chi connectivity index (χ0) is 16.6. The van der Waals surface area contributed by atoms with Crippen LogP contribution in [0.4, 0.5) is 10.8 Å². The van der Waals surface area contributed by atoms with Crippen LogP contribution in [-0.4, -0.2) is 10.8 Å². The van der Waals surface area contributed by atoms with Crippen molar-refractivity contribution in [2.24, 2.45) is 15.4 Å². The summed E-state index contributed by atoms with van der Waals surface area (Å²) in [6, 6.07) is 19.8. The molecule has 0 fully saturated rings. The lowest BCUT2D eigenvalue weighted by atomic mass is 10.2. The molecule has 0 bridgehead atoms. The highest BCUT2D eigenvalue weighted by Gasteiger charge is 2.44. The number of aryl methyl sites for hydroxylation is 2. The van der Waals surface area contributed by atoms with Gasteiger partial charge >= 0.3 is 5.13 Å². The molecule has 4 rings (SSSR count). The molecule has 6 heteroatoms. The Morgan fingerprint density at radius 2 is 1.54 bits per heavy atom. The van der Waals surface area contributed by atoms with Crippen LogP contribution < -0.4 is 4.70 Å². The lowest BCUT2D eigenvalue weighted by Crippen LogP contribution is -2.29. The van der Waals surface area contributed by atoms with Gasteiger partial charge in [-0.3, -0.25) is 0 Å². The average molecular weight is 334 g/mol. The van der Waals surface area contributed by atoms with Crippen LogP contribution in [0.15, 0.2) is 76.1 Å². The molecule has 2 heterocycles. The summed E-state index contributed by atoms with van der Waals surface area (Å²) >= 11 is 1.60. The van der Waals surface area contributed by atoms with E-state index in [4.69, 9.17) is 10.1 Å². The number of thiazole rings is 1. The minimum Gasteiger partial charge on any atom is -0.186 e. The molecule has 24 heavy (non-hydrogen) atoms. The Bertz CT molecular complexity index is 911. The number of amidine groups is 1. The molecule has 2 aromatic carbocycles. The van der Waals surface area contributed by atoms with Crippen molar-refractivity contribution in [2.75, 3.05) is 0 Å². The molecule has 1 aliphatic rings. The SMILES string of the molecule is Cc1nc([N+]2(c3ccccc3)N=NC(c3ccccc3)=N2)sc1C. The molecular formula is C18H16N5S+. The summed E-state index contributed by atoms with van der Waals surface area (Å²) in [6.07, 6.45) is 0. The molecule has 0 N–H and O–H groups in total. The van der Waals surface area contributed by atoms with Crippen LogP contribution >= 0.6 is 11.3 Å². The van der Waals surface area contributed by atoms with E-state index in [0.717, 1.165) is 27.0 Å². The summed E-state index contributed by atoms with van der Waals surface area (Å²) in [5.74, 6) is 0.616. The van der Waals surface area contributed by atoms with E-state index >= 15 is 0 Å². The summed E-state index contributed by atoms with van der Waals surface area (Å²) in [5.41, 5.74) is 2.87. The normalized spacial score (nSPS) is 19.5. The van der Waals surface area contributed by atoms with Crippen molar-refractivity contribution >= 4 is 28.0 Å². The van der Waals surface area contributed by atoms with Crippen LogP contribution in [0.5, 0.6) is 0 Å². The molecule has 0 saturated carbocycles. The second-order valence-electron chi connectivity index (χ2n) is 5.55. The highest BCUT2D eigenvalue weighted by molar-refractivity contribution is 7.15. The molecule has 0 radical (unpaired) electrons. The molecule has 3 aromatic rings. The molecule has 0 saturated heterocycles. The molecule has 1 unspecified atom stereocenters. The Hall–Kier alpha value is -2.70. The Balaban J connectivity index is 1.91. The monoisotopic (exact) mass is 334 g/mol. The molecular weight excluding hydrogens is 318 g/mol. The second kappa shape index (κ2) is 5.74. The van der Waals surface area contributed by atoms with Crippen LogP contribution in [0.2, 0.25) is 0 Å². The average Bonchev–Trinajstić information content (AvgIpc) is 3.22. The molecule has 118 valence electrons. The van der Waals surface area contributed by atoms with Gasteiger partial charge in [0.05, 0.1) is 10.9 Å². The molecule has 0 aliphatic carbocycles. The number of benzene rings is 2. The van der Waals surface area contributed by atoms with Gasteiger partial charge in [-0.2, -0.15) is 4.98 Å². The number of nitrogens with zero attached hydrogens (tertiary/aromatic N) is 5. The minimum atomic E-state index is -0.0651. The van der Waals surface area contributed by atoms with Gasteiger partial charge in [-0.05, 0) is 18.9 Å². The minimum absolute atomic E-state index is 0.0651. The number of hydrogen-bond donors (Lipinski definition) is 0. The van der Waals surface area contributed by atoms with E-state index in [0.29, 0.717) is 5.84 Å². The molecule has 1 aliphatic heterocycles. The highest BCUT2D eigenvalue weighted by atomic mass is 32.1. The van der Waals surface area contributed by atoms with E-state index in [1.807, 2.05) is 67.6 Å². The van der Waals surface area contributed by atoms with Gasteiger partial charge in [-0.25, -0.2) is 0 Å². The van der Waals surface area contributed by atoms with Crippen LogP contribution in [0.1, 0.15) is 16.1 Å². The topological polar surface area (TPSA) is 50.0 Å². The maximum absolute atomic E-state index is 4.85. The van der Waals surface area contributed by atoms with Crippen LogP contribution in [0.25, 0.3) is 0 Å². The summed E-state index contributed by atoms with van der Waals surface area (Å²) in [5, 5.41) is 14.5. The summed E-state index contributed by atoms with van der Waals surface area (Å²) in [6.45, 7) is 4.07. The summed E-state index contributed by atoms with van der Waals surface area (Å²) < 4.78 is -0.0651. The Morgan fingerprint density at radius 1 is 0.875 bits per heavy atom. The van der Waals surface area contributed by atoms with E-state index in [1.165, 1.54) is 0 Å². The van der Waals surface area contributed by atoms with Crippen molar-refractivity contribution in [1.29, 1.82) is 0 Å². The van der Waals surface area contributed by atoms with Crippen molar-refractivity contribution in [3.05, 3.63) is 76.8 Å². The van der Waals surface area contributed by atoms with Crippen molar-refractivity contribution in [3.63, 3.8) is 0 Å². The third-order valence-corrected chi connectivity index (χ3v) is 5.07. The van der Waals surface area contributed by atoms with Gasteiger partial charge in [0.1, 0.15) is 0 Å². The first kappa shape index (κ1) is 14.9. The van der Waals surface area contributed by atoms with Gasteiger partial charge in [-0.15, -0.1) is 0 Å². The second-order valence-corrected chi connectivity index (χ2v) is 6.74. The van der Waals surface area contributed by atoms with E-state index in [1.54, 1.807) is 11.3 Å². The number of aromatic nitrogens is 1. The van der Waals surface area contributed by atoms with Crippen LogP contribution in [0.3, 0.4) is 0 Å². The number of hydrogen-bond acceptors (Lipinski definition) is 5.